The Morgan fingerprint density at radius 1 is 0.793 bits per heavy atom. The van der Waals surface area contributed by atoms with Gasteiger partial charge in [0.25, 0.3) is 17.7 Å². The molecule has 1 aliphatic carbocycles. The van der Waals surface area contributed by atoms with Crippen LogP contribution in [0.4, 0.5) is 11.8 Å². The zero-order chi connectivity index (χ0) is 87.0. The van der Waals surface area contributed by atoms with Gasteiger partial charge in [-0.15, -0.1) is 5.10 Å². The summed E-state index contributed by atoms with van der Waals surface area (Å²) in [4.78, 5) is 76.1. The van der Waals surface area contributed by atoms with Crippen LogP contribution in [0.25, 0.3) is 33.4 Å². The first-order chi connectivity index (χ1) is 58.3. The quantitative estimate of drug-likeness (QED) is 0.00705. The number of unbranched alkanes of at least 4 members (excludes halogenated alkanes) is 1. The van der Waals surface area contributed by atoms with E-state index in [4.69, 9.17) is 82.8 Å². The van der Waals surface area contributed by atoms with Crippen molar-refractivity contribution in [2.75, 3.05) is 137 Å². The summed E-state index contributed by atoms with van der Waals surface area (Å²) in [7, 11) is 5.94. The summed E-state index contributed by atoms with van der Waals surface area (Å²) in [5.74, 6) is -4.86. The van der Waals surface area contributed by atoms with Crippen LogP contribution in [0.3, 0.4) is 0 Å². The van der Waals surface area contributed by atoms with Crippen LogP contribution in [0.15, 0.2) is 75.6 Å². The Bertz CT molecular complexity index is 4210. The molecule has 16 atom stereocenters. The number of esters is 1. The molecule has 4 aliphatic rings. The largest absolute Gasteiger partial charge is 0.460 e. The number of nitrogens with zero attached hydrogens (tertiary/aromatic N) is 10. The van der Waals surface area contributed by atoms with E-state index in [0.717, 1.165) is 42.5 Å². The van der Waals surface area contributed by atoms with Gasteiger partial charge in [0, 0.05) is 103 Å². The maximum absolute atomic E-state index is 14.9. The highest BCUT2D eigenvalue weighted by molar-refractivity contribution is 8.15. The third-order valence-corrected chi connectivity index (χ3v) is 25.0. The zero-order valence-corrected chi connectivity index (χ0v) is 73.9. The molecule has 7 heterocycles. The number of carbonyl (C=O) groups excluding carboxylic acids is 4. The lowest BCUT2D eigenvalue weighted by Gasteiger charge is -2.43. The monoisotopic (exact) mass is 1710 g/mol. The van der Waals surface area contributed by atoms with Gasteiger partial charge in [0.05, 0.1) is 127 Å². The molecule has 3 aliphatic heterocycles. The highest BCUT2D eigenvalue weighted by Crippen LogP contribution is 2.40. The standard InChI is InChI=1S/C87H135N13O20S/c1-56(2)45-60(6)77-80(111-12)79(103)61(7)46-58(4)72(109-10)51-73(59(5)47-63-22-25-69(101)74(48-63)110-11)118-85(106)68-20-13-16-30-99(68)84(105)81(104)87(107)62(8)21-24-66(120-87)50-71(108-9)57(3)19-14-18-43-121(44-29-91-77)55-117-53-65-52-98(97-95-65)32-34-113-36-38-115-40-42-116-41-39-114-37-35-112-33-27-75(102)90-28-15-17-31-100-83-76(82(88)92-54-93-83)78(96-100)64-23-26-70-67(49-64)94-86(89)119-70/h14,18-19,23,26,43,46,49,52,54,56,58-60,62-63,66,68-69,71-74,79-80,101,103,107H,13,15-17,20-22,24-25,27-42,44-45,47-48,50-51,53,55H2,1-12H3,(H2,89,94)(H,90,102)(H2,88,92,93)/b18-14+,57-19?,61-46+,91-77?/t58?,59-,60?,62-,63?,66+,68?,69?,71?,72-,73?,74-,79?,80+,87-,121?/m1/s1. The van der Waals surface area contributed by atoms with Crippen molar-refractivity contribution in [1.29, 1.82) is 0 Å². The molecule has 121 heavy (non-hydrogen) atoms. The summed E-state index contributed by atoms with van der Waals surface area (Å²) >= 11 is 0. The lowest BCUT2D eigenvalue weighted by atomic mass is 9.78. The summed E-state index contributed by atoms with van der Waals surface area (Å²) in [6, 6.07) is 4.48. The second kappa shape index (κ2) is 49.9. The number of carbonyl (C=O) groups is 4. The molecule has 1 saturated carbocycles. The van der Waals surface area contributed by atoms with Crippen LogP contribution in [0, 0.1) is 35.5 Å². The minimum absolute atomic E-state index is 0.0502. The molecule has 2 saturated heterocycles. The number of amides is 2. The maximum Gasteiger partial charge on any atom is 0.329 e. The molecular formula is C87H135N13O20S. The van der Waals surface area contributed by atoms with Crippen LogP contribution in [0.2, 0.25) is 0 Å². The molecule has 0 radical (unpaired) electrons. The first-order valence-electron chi connectivity index (χ1n) is 43.1. The van der Waals surface area contributed by atoms with E-state index in [1.165, 1.54) is 11.2 Å². The van der Waals surface area contributed by atoms with Gasteiger partial charge in [-0.25, -0.2) is 24.1 Å². The zero-order valence-electron chi connectivity index (χ0n) is 73.1. The number of fused-ring (bicyclic) bond motifs is 5. The number of oxazole rings is 1. The molecule has 4 aromatic heterocycles. The van der Waals surface area contributed by atoms with Gasteiger partial charge in [0.1, 0.15) is 53.4 Å². The maximum atomic E-state index is 14.9. The third-order valence-electron chi connectivity index (χ3n) is 23.3. The number of piperidine rings is 1. The number of nitrogen functional groups attached to an aromatic ring is 2. The molecule has 8 N–H and O–H groups in total. The number of aliphatic hydroxyl groups excluding tert-OH is 2. The molecular weight excluding hydrogens is 1580 g/mol. The molecule has 5 aromatic rings. The number of aliphatic imine (C=N–C) groups is 1. The van der Waals surface area contributed by atoms with Gasteiger partial charge < -0.3 is 98.3 Å². The number of ether oxygens (including phenoxy) is 12. The summed E-state index contributed by atoms with van der Waals surface area (Å²) in [5, 5.41) is 54.7. The Labute approximate surface area is 714 Å². The van der Waals surface area contributed by atoms with Crippen LogP contribution in [-0.2, 0) is 95.7 Å². The Hall–Kier alpha value is -7.39. The van der Waals surface area contributed by atoms with Crippen LogP contribution >= 0.6 is 10.5 Å². The molecule has 3 fully saturated rings. The van der Waals surface area contributed by atoms with Crippen LogP contribution in [0.1, 0.15) is 157 Å². The topological polar surface area (TPSA) is 420 Å². The van der Waals surface area contributed by atoms with Crippen molar-refractivity contribution in [3.05, 3.63) is 71.9 Å². The number of hydrogen-bond donors (Lipinski definition) is 6. The number of ketones is 1. The molecule has 2 amide bonds. The summed E-state index contributed by atoms with van der Waals surface area (Å²) in [6.07, 6.45) is 14.0. The highest BCUT2D eigenvalue weighted by Gasteiger charge is 2.53. The van der Waals surface area contributed by atoms with Crippen molar-refractivity contribution in [2.45, 2.75) is 232 Å². The number of aromatic nitrogens is 8. The Kier molecular flexibility index (Phi) is 40.2. The Balaban J connectivity index is 0.727. The van der Waals surface area contributed by atoms with E-state index in [1.807, 2.05) is 70.3 Å². The van der Waals surface area contributed by atoms with E-state index in [2.05, 4.69) is 56.7 Å². The van der Waals surface area contributed by atoms with Gasteiger partial charge in [-0.05, 0) is 149 Å². The fraction of sp³-hybridized carbons (Fsp3) is 0.701. The molecule has 0 spiro atoms. The number of cyclic esters (lactones) is 1. The predicted octanol–water partition coefficient (Wildman–Crippen LogP) is 8.98. The normalized spacial score (nSPS) is 27.0. The number of hydrogen-bond acceptors (Lipinski definition) is 29. The summed E-state index contributed by atoms with van der Waals surface area (Å²) < 4.78 is 81.0. The van der Waals surface area contributed by atoms with Crippen LogP contribution in [-0.4, -0.2) is 281 Å². The van der Waals surface area contributed by atoms with Gasteiger partial charge in [-0.3, -0.25) is 19.4 Å². The van der Waals surface area contributed by atoms with Crippen molar-refractivity contribution in [2.24, 2.45) is 40.5 Å². The fourth-order valence-corrected chi connectivity index (χ4v) is 17.7. The molecule has 674 valence electrons. The van der Waals surface area contributed by atoms with Crippen molar-refractivity contribution in [1.82, 2.24) is 49.9 Å². The van der Waals surface area contributed by atoms with E-state index >= 15 is 0 Å². The van der Waals surface area contributed by atoms with Gasteiger partial charge in [-0.1, -0.05) is 71.1 Å². The van der Waals surface area contributed by atoms with E-state index in [9.17, 15) is 34.5 Å². The highest BCUT2D eigenvalue weighted by atomic mass is 32.2. The van der Waals surface area contributed by atoms with Crippen molar-refractivity contribution >= 4 is 79.1 Å². The van der Waals surface area contributed by atoms with Gasteiger partial charge >= 0.3 is 5.97 Å². The second-order valence-corrected chi connectivity index (χ2v) is 34.9. The third kappa shape index (κ3) is 29.1. The lowest BCUT2D eigenvalue weighted by Crippen LogP contribution is -2.61. The molecule has 2 bridgehead atoms. The first kappa shape index (κ1) is 97.4. The minimum atomic E-state index is -2.46. The smallest absolute Gasteiger partial charge is 0.329 e. The van der Waals surface area contributed by atoms with Crippen LogP contribution in [0.5, 0.6) is 0 Å². The van der Waals surface area contributed by atoms with Gasteiger partial charge in [-0.2, -0.15) is 20.6 Å². The molecule has 1 aromatic carbocycles. The van der Waals surface area contributed by atoms with Crippen molar-refractivity contribution < 1.29 is 95.8 Å². The number of aryl methyl sites for hydroxylation is 1. The average molecular weight is 1720 g/mol. The Morgan fingerprint density at radius 3 is 2.23 bits per heavy atom. The summed E-state index contributed by atoms with van der Waals surface area (Å²) in [5.41, 5.74) is 18.2. The average Bonchev–Trinajstić information content (AvgIpc) is 0.944. The van der Waals surface area contributed by atoms with E-state index in [0.29, 0.717) is 193 Å². The second-order valence-electron chi connectivity index (χ2n) is 32.9. The number of allylic oxidation sites excluding steroid dienone is 3. The van der Waals surface area contributed by atoms with E-state index < -0.39 is 88.6 Å². The Morgan fingerprint density at radius 2 is 1.52 bits per heavy atom. The number of rotatable bonds is 38. The molecule has 9 unspecified atom stereocenters. The molecule has 33 nitrogen and oxygen atoms in total. The van der Waals surface area contributed by atoms with Crippen molar-refractivity contribution in [3.8, 4) is 11.3 Å². The van der Waals surface area contributed by atoms with Crippen molar-refractivity contribution in [3.63, 3.8) is 0 Å². The fourth-order valence-electron chi connectivity index (χ4n) is 16.4. The minimum Gasteiger partial charge on any atom is -0.460 e. The predicted molar refractivity (Wildman–Crippen MR) is 461 cm³/mol. The van der Waals surface area contributed by atoms with Gasteiger partial charge in [0.15, 0.2) is 11.2 Å². The van der Waals surface area contributed by atoms with E-state index in [1.54, 1.807) is 50.8 Å². The van der Waals surface area contributed by atoms with Gasteiger partial charge in [0.2, 0.25) is 11.7 Å². The van der Waals surface area contributed by atoms with Crippen LogP contribution < -0.4 is 16.8 Å². The first-order valence-corrected chi connectivity index (χ1v) is 44.7. The number of Topliss-reactive ketones (excluding diaryl/α,β-unsaturated/α-hetero) is 1. The number of benzene rings is 1. The summed E-state index contributed by atoms with van der Waals surface area (Å²) in [6.45, 7) is 22.0. The number of nitrogens with one attached hydrogen (secondary N) is 1. The number of aliphatic hydroxyl groups is 3. The number of nitrogens with two attached hydrogens (primary N) is 2. The lowest BCUT2D eigenvalue weighted by molar-refractivity contribution is -0.265. The number of methoxy groups -OCH3 is 4. The SMILES string of the molecule is COC1C[C@@H]2CC[C@@H](C)[C@@](O)(O2)C(=O)C(=O)N2CCCCC2C(=O)OC([C@H](C)CC2CCC(O)[C@H](OC)C2)C[C@@H](OC)C(C)/C=C(\C)C(O)[C@@H](OC)C(C(C)CC(C)C)=NCC/S(COCc2cn(CCOCCOCCOCCOCCOCCC(=O)NCCCCn3nc(-c4ccc5oc(N)nc5c4)c4c(N)ncnc43)nn2)=C\C=C\C=C1C. The van der Waals surface area contributed by atoms with E-state index in [-0.39, 0.29) is 87.1 Å². The molecule has 34 heteroatoms. The molecule has 9 rings (SSSR count). The number of anilines is 2.